The Hall–Kier alpha value is -1.32. The second-order valence-corrected chi connectivity index (χ2v) is 8.23. The molecule has 0 unspecified atom stereocenters. The van der Waals surface area contributed by atoms with Gasteiger partial charge in [0.1, 0.15) is 0 Å². The third-order valence-electron chi connectivity index (χ3n) is 5.54. The quantitative estimate of drug-likeness (QED) is 0.0779. The smallest absolute Gasteiger partial charge is 0.320 e. The van der Waals surface area contributed by atoms with Gasteiger partial charge in [-0.15, -0.1) is 6.58 Å². The van der Waals surface area contributed by atoms with Gasteiger partial charge in [-0.3, -0.25) is 9.59 Å². The summed E-state index contributed by atoms with van der Waals surface area (Å²) in [7, 11) is 0. The van der Waals surface area contributed by atoms with Crippen molar-refractivity contribution in [2.75, 3.05) is 13.2 Å². The van der Waals surface area contributed by atoms with Crippen molar-refractivity contribution in [3.63, 3.8) is 0 Å². The lowest BCUT2D eigenvalue weighted by atomic mass is 9.99. The number of ether oxygens (including phenoxy) is 2. The maximum Gasteiger partial charge on any atom is 0.320 e. The zero-order valence-electron chi connectivity index (χ0n) is 19.9. The Morgan fingerprint density at radius 3 is 1.30 bits per heavy atom. The molecule has 0 bridgehead atoms. The van der Waals surface area contributed by atoms with Crippen LogP contribution in [0.4, 0.5) is 0 Å². The van der Waals surface area contributed by atoms with Crippen molar-refractivity contribution in [2.45, 2.75) is 123 Å². The average Bonchev–Trinajstić information content (AvgIpc) is 2.73. The molecule has 176 valence electrons. The molecule has 0 saturated heterocycles. The molecule has 0 aliphatic carbocycles. The van der Waals surface area contributed by atoms with Crippen molar-refractivity contribution in [1.82, 2.24) is 0 Å². The van der Waals surface area contributed by atoms with Crippen LogP contribution >= 0.6 is 0 Å². The predicted molar refractivity (Wildman–Crippen MR) is 125 cm³/mol. The van der Waals surface area contributed by atoms with E-state index in [9.17, 15) is 9.59 Å². The van der Waals surface area contributed by atoms with Crippen LogP contribution < -0.4 is 0 Å². The Balaban J connectivity index is 3.50. The minimum Gasteiger partial charge on any atom is -0.465 e. The van der Waals surface area contributed by atoms with Gasteiger partial charge in [0.2, 0.25) is 0 Å². The third kappa shape index (κ3) is 17.5. The third-order valence-corrected chi connectivity index (χ3v) is 5.54. The molecule has 0 saturated carbocycles. The molecule has 0 radical (unpaired) electrons. The SMILES string of the molecule is C=CCCCCCCCCCCCCCCCCCC(C(=O)OCC)C(=O)OCC. The first-order chi connectivity index (χ1) is 14.7. The highest BCUT2D eigenvalue weighted by Gasteiger charge is 2.28. The van der Waals surface area contributed by atoms with Gasteiger partial charge < -0.3 is 9.47 Å². The molecular weight excluding hydrogens is 376 g/mol. The maximum absolute atomic E-state index is 11.9. The summed E-state index contributed by atoms with van der Waals surface area (Å²) in [6, 6.07) is 0. The van der Waals surface area contributed by atoms with E-state index in [0.29, 0.717) is 19.6 Å². The minimum atomic E-state index is -0.753. The molecule has 0 fully saturated rings. The summed E-state index contributed by atoms with van der Waals surface area (Å²) >= 11 is 0. The van der Waals surface area contributed by atoms with Crippen molar-refractivity contribution >= 4 is 11.9 Å². The normalized spacial score (nSPS) is 10.9. The van der Waals surface area contributed by atoms with E-state index in [2.05, 4.69) is 6.58 Å². The van der Waals surface area contributed by atoms with Crippen molar-refractivity contribution < 1.29 is 19.1 Å². The first kappa shape index (κ1) is 28.7. The lowest BCUT2D eigenvalue weighted by molar-refractivity contribution is -0.161. The summed E-state index contributed by atoms with van der Waals surface area (Å²) in [5.41, 5.74) is 0. The molecule has 0 amide bonds. The van der Waals surface area contributed by atoms with Crippen LogP contribution in [0.25, 0.3) is 0 Å². The van der Waals surface area contributed by atoms with Crippen LogP contribution in [0, 0.1) is 5.92 Å². The molecule has 0 rings (SSSR count). The molecule has 0 atom stereocenters. The Kier molecular flexibility index (Phi) is 21.4. The zero-order chi connectivity index (χ0) is 22.3. The topological polar surface area (TPSA) is 52.6 Å². The van der Waals surface area contributed by atoms with E-state index in [1.807, 2.05) is 6.08 Å². The fourth-order valence-electron chi connectivity index (χ4n) is 3.75. The summed E-state index contributed by atoms with van der Waals surface area (Å²) in [5.74, 6) is -1.63. The van der Waals surface area contributed by atoms with Crippen LogP contribution in [0.2, 0.25) is 0 Å². The molecule has 0 heterocycles. The van der Waals surface area contributed by atoms with Gasteiger partial charge >= 0.3 is 11.9 Å². The van der Waals surface area contributed by atoms with Gasteiger partial charge in [-0.25, -0.2) is 0 Å². The second-order valence-electron chi connectivity index (χ2n) is 8.23. The van der Waals surface area contributed by atoms with Crippen LogP contribution in [0.15, 0.2) is 12.7 Å². The Bertz CT molecular complexity index is 401. The summed E-state index contributed by atoms with van der Waals surface area (Å²) in [4.78, 5) is 23.9. The van der Waals surface area contributed by atoms with Gasteiger partial charge in [-0.05, 0) is 33.1 Å². The van der Waals surface area contributed by atoms with Gasteiger partial charge in [-0.2, -0.15) is 0 Å². The molecule has 4 heteroatoms. The zero-order valence-corrected chi connectivity index (χ0v) is 19.9. The number of carbonyl (C=O) groups is 2. The number of allylic oxidation sites excluding steroid dienone is 1. The summed E-state index contributed by atoms with van der Waals surface area (Å²) in [6.45, 7) is 7.87. The standard InChI is InChI=1S/C26H48O4/c1-4-7-8-9-10-11-12-13-14-15-16-17-18-19-20-21-22-23-24(25(27)29-5-2)26(28)30-6-3/h4,24H,1,5-23H2,2-3H3. The lowest BCUT2D eigenvalue weighted by Gasteiger charge is -2.14. The Morgan fingerprint density at radius 1 is 0.633 bits per heavy atom. The second kappa shape index (κ2) is 22.4. The van der Waals surface area contributed by atoms with Crippen molar-refractivity contribution in [3.8, 4) is 0 Å². The van der Waals surface area contributed by atoms with E-state index in [1.54, 1.807) is 13.8 Å². The Labute approximate surface area is 186 Å². The van der Waals surface area contributed by atoms with Gasteiger partial charge in [0.25, 0.3) is 0 Å². The monoisotopic (exact) mass is 424 g/mol. The van der Waals surface area contributed by atoms with Crippen molar-refractivity contribution in [2.24, 2.45) is 5.92 Å². The molecular formula is C26H48O4. The fourth-order valence-corrected chi connectivity index (χ4v) is 3.75. The highest BCUT2D eigenvalue weighted by atomic mass is 16.6. The highest BCUT2D eigenvalue weighted by molar-refractivity contribution is 5.94. The number of hydrogen-bond acceptors (Lipinski definition) is 4. The van der Waals surface area contributed by atoms with Crippen molar-refractivity contribution in [3.05, 3.63) is 12.7 Å². The summed E-state index contributed by atoms with van der Waals surface area (Å²) in [5, 5.41) is 0. The predicted octanol–water partition coefficient (Wildman–Crippen LogP) is 7.55. The molecule has 0 spiro atoms. The maximum atomic E-state index is 11.9. The van der Waals surface area contributed by atoms with E-state index in [4.69, 9.17) is 9.47 Å². The van der Waals surface area contributed by atoms with Crippen LogP contribution in [-0.2, 0) is 19.1 Å². The molecule has 4 nitrogen and oxygen atoms in total. The molecule has 0 aromatic carbocycles. The van der Waals surface area contributed by atoms with Gasteiger partial charge in [0.05, 0.1) is 13.2 Å². The number of esters is 2. The first-order valence-electron chi connectivity index (χ1n) is 12.6. The molecule has 0 aromatic rings. The molecule has 0 aliphatic heterocycles. The van der Waals surface area contributed by atoms with E-state index in [-0.39, 0.29) is 0 Å². The summed E-state index contributed by atoms with van der Waals surface area (Å²) < 4.78 is 10.0. The van der Waals surface area contributed by atoms with E-state index in [0.717, 1.165) is 12.8 Å². The highest BCUT2D eigenvalue weighted by Crippen LogP contribution is 2.17. The van der Waals surface area contributed by atoms with Crippen LogP contribution in [0.1, 0.15) is 123 Å². The van der Waals surface area contributed by atoms with Crippen molar-refractivity contribution in [1.29, 1.82) is 0 Å². The first-order valence-corrected chi connectivity index (χ1v) is 12.6. The number of carbonyl (C=O) groups excluding carboxylic acids is 2. The minimum absolute atomic E-state index is 0.296. The molecule has 30 heavy (non-hydrogen) atoms. The lowest BCUT2D eigenvalue weighted by Crippen LogP contribution is -2.28. The van der Waals surface area contributed by atoms with E-state index < -0.39 is 17.9 Å². The van der Waals surface area contributed by atoms with Crippen LogP contribution in [0.5, 0.6) is 0 Å². The van der Waals surface area contributed by atoms with E-state index in [1.165, 1.54) is 89.9 Å². The summed E-state index contributed by atoms with van der Waals surface area (Å²) in [6.07, 6.45) is 23.0. The molecule has 0 aliphatic rings. The molecule has 0 aromatic heterocycles. The average molecular weight is 425 g/mol. The fraction of sp³-hybridized carbons (Fsp3) is 0.846. The number of unbranched alkanes of at least 4 members (excludes halogenated alkanes) is 15. The van der Waals surface area contributed by atoms with Crippen LogP contribution in [0.3, 0.4) is 0 Å². The molecule has 0 N–H and O–H groups in total. The van der Waals surface area contributed by atoms with Gasteiger partial charge in [0.15, 0.2) is 5.92 Å². The Morgan fingerprint density at radius 2 is 0.967 bits per heavy atom. The van der Waals surface area contributed by atoms with E-state index >= 15 is 0 Å². The van der Waals surface area contributed by atoms with Gasteiger partial charge in [0, 0.05) is 0 Å². The largest absolute Gasteiger partial charge is 0.465 e. The van der Waals surface area contributed by atoms with Gasteiger partial charge in [-0.1, -0.05) is 96.0 Å². The van der Waals surface area contributed by atoms with Crippen LogP contribution in [-0.4, -0.2) is 25.2 Å². The number of rotatable bonds is 22. The number of hydrogen-bond donors (Lipinski definition) is 0.